The Balaban J connectivity index is 2.81. The first-order valence-corrected chi connectivity index (χ1v) is 8.15. The van der Waals surface area contributed by atoms with Crippen molar-refractivity contribution in [2.24, 2.45) is 29.6 Å². The van der Waals surface area contributed by atoms with Crippen LogP contribution in [-0.4, -0.2) is 23.4 Å². The molecule has 1 rings (SSSR count). The molecule has 112 valence electrons. The lowest BCUT2D eigenvalue weighted by Crippen LogP contribution is -2.62. The van der Waals surface area contributed by atoms with Gasteiger partial charge in [-0.05, 0) is 30.1 Å². The summed E-state index contributed by atoms with van der Waals surface area (Å²) in [6.07, 6.45) is 2.29. The average molecular weight is 267 g/mol. The molecule has 0 N–H and O–H groups in total. The summed E-state index contributed by atoms with van der Waals surface area (Å²) in [6.45, 7) is 16.5. The maximum Gasteiger partial charge on any atom is 0.226 e. The van der Waals surface area contributed by atoms with Crippen molar-refractivity contribution in [1.82, 2.24) is 4.90 Å². The highest BCUT2D eigenvalue weighted by Crippen LogP contribution is 2.37. The molecule has 19 heavy (non-hydrogen) atoms. The summed E-state index contributed by atoms with van der Waals surface area (Å²) in [7, 11) is 0. The van der Waals surface area contributed by atoms with E-state index in [0.717, 1.165) is 13.0 Å². The number of carbonyl (C=O) groups is 1. The molecule has 1 fully saturated rings. The lowest BCUT2D eigenvalue weighted by Gasteiger charge is -2.52. The van der Waals surface area contributed by atoms with Crippen LogP contribution in [0.3, 0.4) is 0 Å². The summed E-state index contributed by atoms with van der Waals surface area (Å²) in [5.74, 6) is 2.83. The number of likely N-dealkylation sites (tertiary alicyclic amines) is 1. The van der Waals surface area contributed by atoms with Crippen LogP contribution < -0.4 is 0 Å². The van der Waals surface area contributed by atoms with Gasteiger partial charge in [0.05, 0.1) is 0 Å². The molecule has 1 heterocycles. The van der Waals surface area contributed by atoms with E-state index >= 15 is 0 Å². The molecule has 4 unspecified atom stereocenters. The third-order valence-corrected chi connectivity index (χ3v) is 5.02. The summed E-state index contributed by atoms with van der Waals surface area (Å²) in [6, 6.07) is 0.475. The first-order valence-electron chi connectivity index (χ1n) is 8.15. The van der Waals surface area contributed by atoms with E-state index in [0.29, 0.717) is 35.6 Å². The molecule has 0 aromatic carbocycles. The van der Waals surface area contributed by atoms with Gasteiger partial charge in [0.25, 0.3) is 0 Å². The number of hydrogen-bond acceptors (Lipinski definition) is 1. The molecule has 0 aromatic heterocycles. The molecule has 1 aliphatic heterocycles. The van der Waals surface area contributed by atoms with Gasteiger partial charge in [0, 0.05) is 18.5 Å². The molecule has 2 heteroatoms. The number of nitrogens with zero attached hydrogens (tertiary/aromatic N) is 1. The highest BCUT2D eigenvalue weighted by Gasteiger charge is 2.45. The third-order valence-electron chi connectivity index (χ3n) is 5.02. The Bertz CT molecular complexity index is 298. The second kappa shape index (κ2) is 6.76. The number of carbonyl (C=O) groups excluding carboxylic acids is 1. The van der Waals surface area contributed by atoms with Crippen LogP contribution in [0.5, 0.6) is 0 Å². The maximum atomic E-state index is 12.9. The molecule has 1 saturated heterocycles. The van der Waals surface area contributed by atoms with E-state index in [9.17, 15) is 4.79 Å². The van der Waals surface area contributed by atoms with Gasteiger partial charge >= 0.3 is 0 Å². The molecular formula is C17H33NO. The lowest BCUT2D eigenvalue weighted by molar-refractivity contribution is -0.155. The largest absolute Gasteiger partial charge is 0.338 e. The minimum absolute atomic E-state index is 0.198. The van der Waals surface area contributed by atoms with Crippen LogP contribution in [0.15, 0.2) is 0 Å². The van der Waals surface area contributed by atoms with Crippen LogP contribution in [0.4, 0.5) is 0 Å². The Morgan fingerprint density at radius 1 is 1.16 bits per heavy atom. The van der Waals surface area contributed by atoms with Crippen molar-refractivity contribution in [3.8, 4) is 0 Å². The van der Waals surface area contributed by atoms with Crippen LogP contribution >= 0.6 is 0 Å². The highest BCUT2D eigenvalue weighted by atomic mass is 16.2. The first-order chi connectivity index (χ1) is 8.84. The minimum Gasteiger partial charge on any atom is -0.338 e. The number of amides is 1. The zero-order chi connectivity index (χ0) is 14.7. The molecule has 0 saturated carbocycles. The van der Waals surface area contributed by atoms with Crippen LogP contribution in [0, 0.1) is 29.6 Å². The van der Waals surface area contributed by atoms with Crippen molar-refractivity contribution in [2.45, 2.75) is 67.3 Å². The van der Waals surface area contributed by atoms with E-state index < -0.39 is 0 Å². The van der Waals surface area contributed by atoms with Crippen molar-refractivity contribution in [3.05, 3.63) is 0 Å². The zero-order valence-corrected chi connectivity index (χ0v) is 13.9. The van der Waals surface area contributed by atoms with E-state index in [2.05, 4.69) is 53.4 Å². The van der Waals surface area contributed by atoms with Gasteiger partial charge in [0.15, 0.2) is 0 Å². The van der Waals surface area contributed by atoms with E-state index in [4.69, 9.17) is 0 Å². The van der Waals surface area contributed by atoms with Gasteiger partial charge in [0.2, 0.25) is 5.91 Å². The Morgan fingerprint density at radius 3 is 2.11 bits per heavy atom. The van der Waals surface area contributed by atoms with Gasteiger partial charge < -0.3 is 4.90 Å². The normalized spacial score (nSPS) is 26.5. The Hall–Kier alpha value is -0.530. The second-order valence-corrected chi connectivity index (χ2v) is 7.05. The van der Waals surface area contributed by atoms with Crippen molar-refractivity contribution >= 4 is 5.91 Å². The molecule has 0 bridgehead atoms. The quantitative estimate of drug-likeness (QED) is 0.706. The van der Waals surface area contributed by atoms with Gasteiger partial charge in [-0.3, -0.25) is 4.79 Å². The summed E-state index contributed by atoms with van der Waals surface area (Å²) in [4.78, 5) is 15.0. The average Bonchev–Trinajstić information content (AvgIpc) is 2.26. The Labute approximate surface area is 119 Å². The smallest absolute Gasteiger partial charge is 0.226 e. The van der Waals surface area contributed by atoms with Crippen molar-refractivity contribution < 1.29 is 4.79 Å². The van der Waals surface area contributed by atoms with E-state index in [-0.39, 0.29) is 5.92 Å². The molecule has 0 aliphatic carbocycles. The summed E-state index contributed by atoms with van der Waals surface area (Å²) < 4.78 is 0. The van der Waals surface area contributed by atoms with Gasteiger partial charge in [-0.15, -0.1) is 0 Å². The lowest BCUT2D eigenvalue weighted by atomic mass is 9.75. The van der Waals surface area contributed by atoms with Gasteiger partial charge in [0.1, 0.15) is 0 Å². The molecule has 1 amide bonds. The fourth-order valence-electron chi connectivity index (χ4n) is 3.74. The Morgan fingerprint density at radius 2 is 1.74 bits per heavy atom. The highest BCUT2D eigenvalue weighted by molar-refractivity contribution is 5.80. The molecule has 2 nitrogen and oxygen atoms in total. The SMILES string of the molecule is CCC(C)C(C(=O)N1CC(CC)C1C(C)C)C(C)C. The molecule has 0 radical (unpaired) electrons. The van der Waals surface area contributed by atoms with Crippen molar-refractivity contribution in [3.63, 3.8) is 0 Å². The van der Waals surface area contributed by atoms with Gasteiger partial charge in [-0.1, -0.05) is 54.9 Å². The predicted octanol–water partition coefficient (Wildman–Crippen LogP) is 4.20. The fraction of sp³-hybridized carbons (Fsp3) is 0.941. The van der Waals surface area contributed by atoms with Gasteiger partial charge in [-0.2, -0.15) is 0 Å². The van der Waals surface area contributed by atoms with E-state index in [1.54, 1.807) is 0 Å². The summed E-state index contributed by atoms with van der Waals surface area (Å²) in [5.41, 5.74) is 0. The van der Waals surface area contributed by atoms with Gasteiger partial charge in [-0.25, -0.2) is 0 Å². The topological polar surface area (TPSA) is 20.3 Å². The van der Waals surface area contributed by atoms with Crippen LogP contribution in [0.2, 0.25) is 0 Å². The second-order valence-electron chi connectivity index (χ2n) is 7.05. The Kier molecular flexibility index (Phi) is 5.88. The third kappa shape index (κ3) is 3.32. The predicted molar refractivity (Wildman–Crippen MR) is 81.9 cm³/mol. The van der Waals surface area contributed by atoms with Crippen LogP contribution in [0.25, 0.3) is 0 Å². The van der Waals surface area contributed by atoms with E-state index in [1.807, 2.05) is 0 Å². The molecule has 0 aromatic rings. The molecule has 0 spiro atoms. The molecule has 1 aliphatic rings. The summed E-state index contributed by atoms with van der Waals surface area (Å²) in [5, 5.41) is 0. The van der Waals surface area contributed by atoms with Crippen molar-refractivity contribution in [2.75, 3.05) is 6.54 Å². The van der Waals surface area contributed by atoms with Crippen molar-refractivity contribution in [1.29, 1.82) is 0 Å². The van der Waals surface area contributed by atoms with Crippen LogP contribution in [-0.2, 0) is 4.79 Å². The zero-order valence-electron chi connectivity index (χ0n) is 13.9. The van der Waals surface area contributed by atoms with Crippen LogP contribution in [0.1, 0.15) is 61.3 Å². The molecular weight excluding hydrogens is 234 g/mol. The number of rotatable bonds is 6. The monoisotopic (exact) mass is 267 g/mol. The fourth-order valence-corrected chi connectivity index (χ4v) is 3.74. The maximum absolute atomic E-state index is 12.9. The van der Waals surface area contributed by atoms with E-state index in [1.165, 1.54) is 6.42 Å². The molecule has 4 atom stereocenters. The number of hydrogen-bond donors (Lipinski definition) is 0. The minimum atomic E-state index is 0.198. The summed E-state index contributed by atoms with van der Waals surface area (Å²) >= 11 is 0. The first kappa shape index (κ1) is 16.5. The standard InChI is InChI=1S/C17H33NO/c1-8-13(7)15(11(3)4)17(19)18-10-14(9-2)16(18)12(5)6/h11-16H,8-10H2,1-7H3.